The van der Waals surface area contributed by atoms with Crippen molar-refractivity contribution in [2.75, 3.05) is 26.2 Å². The number of carbonyl (C=O) groups excluding carboxylic acids is 1. The highest BCUT2D eigenvalue weighted by atomic mass is 32.2. The molecule has 3 heterocycles. The van der Waals surface area contributed by atoms with Crippen LogP contribution in [0.1, 0.15) is 33.3 Å². The standard InChI is InChI=1S/C29H33N5O4S2/c1-5-33(6-2)40(36,37)25-14-10-11-22(15-25)27-23(19-34(31-27)24-12-8-7-9-13-24)16-26-28(35)30-29(39-26)32-17-20(3)38-21(4)18-32/h7-16,19-21H,5-6,17-18H2,1-4H3/b26-16-. The van der Waals surface area contributed by atoms with Crippen LogP contribution in [0.3, 0.4) is 0 Å². The summed E-state index contributed by atoms with van der Waals surface area (Å²) < 4.78 is 35.5. The van der Waals surface area contributed by atoms with Crippen LogP contribution < -0.4 is 0 Å². The summed E-state index contributed by atoms with van der Waals surface area (Å²) >= 11 is 1.34. The number of aliphatic imine (C=N–C) groups is 1. The van der Waals surface area contributed by atoms with Crippen molar-refractivity contribution in [1.82, 2.24) is 19.0 Å². The second kappa shape index (κ2) is 11.7. The fourth-order valence-corrected chi connectivity index (χ4v) is 7.38. The Morgan fingerprint density at radius 2 is 1.75 bits per heavy atom. The molecule has 2 aliphatic rings. The molecular formula is C29H33N5O4S2. The van der Waals surface area contributed by atoms with Gasteiger partial charge in [-0.1, -0.05) is 44.2 Å². The lowest BCUT2D eigenvalue weighted by Gasteiger charge is -2.35. The molecule has 0 aliphatic carbocycles. The van der Waals surface area contributed by atoms with Gasteiger partial charge in [0.2, 0.25) is 10.0 Å². The number of amides is 1. The molecule has 1 amide bonds. The summed E-state index contributed by atoms with van der Waals surface area (Å²) in [6.45, 7) is 9.77. The molecule has 2 aliphatic heterocycles. The number of rotatable bonds is 7. The molecule has 1 fully saturated rings. The molecule has 5 rings (SSSR count). The van der Waals surface area contributed by atoms with Crippen LogP contribution in [0.15, 0.2) is 75.6 Å². The highest BCUT2D eigenvalue weighted by Crippen LogP contribution is 2.34. The molecule has 1 saturated heterocycles. The number of para-hydroxylation sites is 1. The molecule has 210 valence electrons. The van der Waals surface area contributed by atoms with Crippen LogP contribution in [0.2, 0.25) is 0 Å². The quantitative estimate of drug-likeness (QED) is 0.376. The van der Waals surface area contributed by atoms with E-state index in [4.69, 9.17) is 9.84 Å². The topological polar surface area (TPSA) is 97.1 Å². The SMILES string of the molecule is CCN(CC)S(=O)(=O)c1cccc(-c2nn(-c3ccccc3)cc2/C=C2\SC(N3CC(C)OC(C)C3)=NC2=O)c1. The van der Waals surface area contributed by atoms with Crippen molar-refractivity contribution in [3.63, 3.8) is 0 Å². The van der Waals surface area contributed by atoms with Gasteiger partial charge in [-0.15, -0.1) is 0 Å². The number of sulfonamides is 1. The number of hydrogen-bond donors (Lipinski definition) is 0. The van der Waals surface area contributed by atoms with Gasteiger partial charge in [0, 0.05) is 43.5 Å². The fraction of sp³-hybridized carbons (Fsp3) is 0.345. The third kappa shape index (κ3) is 5.78. The van der Waals surface area contributed by atoms with Crippen LogP contribution in [-0.4, -0.2) is 76.9 Å². The van der Waals surface area contributed by atoms with E-state index in [9.17, 15) is 13.2 Å². The summed E-state index contributed by atoms with van der Waals surface area (Å²) in [4.78, 5) is 20.1. The Morgan fingerprint density at radius 1 is 1.05 bits per heavy atom. The van der Waals surface area contributed by atoms with Crippen molar-refractivity contribution in [2.45, 2.75) is 44.8 Å². The molecule has 1 aromatic heterocycles. The largest absolute Gasteiger partial charge is 0.372 e. The van der Waals surface area contributed by atoms with E-state index >= 15 is 0 Å². The normalized spacial score (nSPS) is 20.9. The highest BCUT2D eigenvalue weighted by molar-refractivity contribution is 8.18. The van der Waals surface area contributed by atoms with Crippen molar-refractivity contribution >= 4 is 38.9 Å². The molecule has 2 atom stereocenters. The minimum Gasteiger partial charge on any atom is -0.372 e. The number of morpholine rings is 1. The maximum atomic E-state index is 13.3. The smallest absolute Gasteiger partial charge is 0.286 e. The van der Waals surface area contributed by atoms with Gasteiger partial charge in [-0.05, 0) is 56.0 Å². The first kappa shape index (κ1) is 28.3. The molecule has 0 spiro atoms. The Bertz CT molecular complexity index is 1550. The minimum atomic E-state index is -3.66. The third-order valence-corrected chi connectivity index (χ3v) is 9.89. The Kier molecular flexibility index (Phi) is 8.27. The Hall–Kier alpha value is -3.25. The van der Waals surface area contributed by atoms with E-state index in [0.29, 0.717) is 53.1 Å². The fourth-order valence-electron chi connectivity index (χ4n) is 4.96. The van der Waals surface area contributed by atoms with Crippen LogP contribution in [0.5, 0.6) is 0 Å². The maximum absolute atomic E-state index is 13.3. The van der Waals surface area contributed by atoms with Crippen LogP contribution in [0.4, 0.5) is 0 Å². The monoisotopic (exact) mass is 579 g/mol. The van der Waals surface area contributed by atoms with Crippen LogP contribution in [0.25, 0.3) is 23.0 Å². The average molecular weight is 580 g/mol. The van der Waals surface area contributed by atoms with E-state index in [1.165, 1.54) is 16.1 Å². The van der Waals surface area contributed by atoms with E-state index in [-0.39, 0.29) is 23.0 Å². The van der Waals surface area contributed by atoms with Crippen LogP contribution in [-0.2, 0) is 19.6 Å². The second-order valence-corrected chi connectivity index (χ2v) is 12.7. The Labute approximate surface area is 239 Å². The zero-order valence-electron chi connectivity index (χ0n) is 23.0. The number of amidine groups is 1. The van der Waals surface area contributed by atoms with E-state index in [2.05, 4.69) is 9.89 Å². The van der Waals surface area contributed by atoms with Crippen molar-refractivity contribution < 1.29 is 17.9 Å². The lowest BCUT2D eigenvalue weighted by Crippen LogP contribution is -2.47. The molecule has 9 nitrogen and oxygen atoms in total. The number of carbonyl (C=O) groups is 1. The lowest BCUT2D eigenvalue weighted by atomic mass is 10.1. The van der Waals surface area contributed by atoms with Gasteiger partial charge in [0.25, 0.3) is 5.91 Å². The zero-order valence-corrected chi connectivity index (χ0v) is 24.7. The molecule has 11 heteroatoms. The van der Waals surface area contributed by atoms with Gasteiger partial charge in [-0.2, -0.15) is 14.4 Å². The molecule has 0 N–H and O–H groups in total. The number of hydrogen-bond acceptors (Lipinski definition) is 7. The number of aromatic nitrogens is 2. The summed E-state index contributed by atoms with van der Waals surface area (Å²) in [5, 5.41) is 5.50. The third-order valence-electron chi connectivity index (χ3n) is 6.80. The van der Waals surface area contributed by atoms with Gasteiger partial charge >= 0.3 is 0 Å². The van der Waals surface area contributed by atoms with Crippen LogP contribution >= 0.6 is 11.8 Å². The van der Waals surface area contributed by atoms with E-state index in [0.717, 1.165) is 5.69 Å². The molecule has 2 aromatic carbocycles. The highest BCUT2D eigenvalue weighted by Gasteiger charge is 2.31. The zero-order chi connectivity index (χ0) is 28.4. The van der Waals surface area contributed by atoms with Crippen molar-refractivity contribution in [3.8, 4) is 16.9 Å². The van der Waals surface area contributed by atoms with Gasteiger partial charge in [0.1, 0.15) is 5.69 Å². The minimum absolute atomic E-state index is 0.0470. The number of ether oxygens (including phenoxy) is 1. The van der Waals surface area contributed by atoms with Crippen molar-refractivity contribution in [2.24, 2.45) is 4.99 Å². The molecule has 2 unspecified atom stereocenters. The second-order valence-electron chi connectivity index (χ2n) is 9.80. The molecule has 40 heavy (non-hydrogen) atoms. The van der Waals surface area contributed by atoms with Gasteiger partial charge in [-0.3, -0.25) is 4.79 Å². The van der Waals surface area contributed by atoms with Gasteiger partial charge < -0.3 is 9.64 Å². The average Bonchev–Trinajstić information content (AvgIpc) is 3.53. The van der Waals surface area contributed by atoms with Crippen molar-refractivity contribution in [3.05, 3.63) is 71.3 Å². The van der Waals surface area contributed by atoms with Gasteiger partial charge in [-0.25, -0.2) is 13.1 Å². The summed E-state index contributed by atoms with van der Waals surface area (Å²) in [5.41, 5.74) is 2.75. The summed E-state index contributed by atoms with van der Waals surface area (Å²) in [6, 6.07) is 16.5. The number of benzene rings is 2. The maximum Gasteiger partial charge on any atom is 0.286 e. The summed E-state index contributed by atoms with van der Waals surface area (Å²) in [6.07, 6.45) is 3.74. The molecule has 0 bridgehead atoms. The molecule has 0 radical (unpaired) electrons. The molecule has 0 saturated carbocycles. The summed E-state index contributed by atoms with van der Waals surface area (Å²) in [7, 11) is -3.66. The van der Waals surface area contributed by atoms with E-state index in [1.807, 2.05) is 70.3 Å². The Balaban J connectivity index is 1.54. The number of nitrogens with zero attached hydrogens (tertiary/aromatic N) is 5. The lowest BCUT2D eigenvalue weighted by molar-refractivity contribution is -0.113. The first-order valence-corrected chi connectivity index (χ1v) is 15.6. The first-order valence-electron chi connectivity index (χ1n) is 13.4. The molecular weight excluding hydrogens is 546 g/mol. The predicted octanol–water partition coefficient (Wildman–Crippen LogP) is 4.65. The Morgan fingerprint density at radius 3 is 2.42 bits per heavy atom. The summed E-state index contributed by atoms with van der Waals surface area (Å²) in [5.74, 6) is -0.303. The van der Waals surface area contributed by atoms with E-state index < -0.39 is 10.0 Å². The van der Waals surface area contributed by atoms with Crippen LogP contribution in [0, 0.1) is 0 Å². The van der Waals surface area contributed by atoms with E-state index in [1.54, 1.807) is 29.0 Å². The number of thioether (sulfide) groups is 1. The first-order chi connectivity index (χ1) is 19.2. The predicted molar refractivity (Wildman–Crippen MR) is 159 cm³/mol. The van der Waals surface area contributed by atoms with Crippen molar-refractivity contribution in [1.29, 1.82) is 0 Å². The van der Waals surface area contributed by atoms with Gasteiger partial charge in [0.15, 0.2) is 5.17 Å². The molecule has 3 aromatic rings. The van der Waals surface area contributed by atoms with Gasteiger partial charge in [0.05, 0.1) is 27.7 Å².